The third-order valence-corrected chi connectivity index (χ3v) is 3.59. The van der Waals surface area contributed by atoms with Gasteiger partial charge in [0.15, 0.2) is 0 Å². The standard InChI is InChI=1S/C13H29N3/c1-12(2)16(3)11-5-4-8-15-13-6-9-14-10-7-13/h12-15H,4-11H2,1-3H3. The normalized spacial score (nSPS) is 18.6. The van der Waals surface area contributed by atoms with Crippen molar-refractivity contribution in [1.82, 2.24) is 15.5 Å². The summed E-state index contributed by atoms with van der Waals surface area (Å²) >= 11 is 0. The molecule has 0 atom stereocenters. The number of hydrogen-bond donors (Lipinski definition) is 2. The fourth-order valence-electron chi connectivity index (χ4n) is 2.08. The maximum atomic E-state index is 3.67. The minimum absolute atomic E-state index is 0.678. The van der Waals surface area contributed by atoms with Crippen molar-refractivity contribution >= 4 is 0 Å². The van der Waals surface area contributed by atoms with E-state index in [4.69, 9.17) is 0 Å². The van der Waals surface area contributed by atoms with Crippen molar-refractivity contribution < 1.29 is 0 Å². The van der Waals surface area contributed by atoms with E-state index in [9.17, 15) is 0 Å². The van der Waals surface area contributed by atoms with Crippen LogP contribution < -0.4 is 10.6 Å². The van der Waals surface area contributed by atoms with Crippen LogP contribution in [0.5, 0.6) is 0 Å². The molecular formula is C13H29N3. The molecule has 1 saturated heterocycles. The Morgan fingerprint density at radius 2 is 1.94 bits per heavy atom. The number of piperidine rings is 1. The molecule has 1 rings (SSSR count). The molecule has 1 heterocycles. The Labute approximate surface area is 101 Å². The van der Waals surface area contributed by atoms with Gasteiger partial charge in [0, 0.05) is 12.1 Å². The molecule has 16 heavy (non-hydrogen) atoms. The van der Waals surface area contributed by atoms with E-state index in [1.165, 1.54) is 51.9 Å². The SMILES string of the molecule is CC(C)N(C)CCCCNC1CCNCC1. The molecular weight excluding hydrogens is 198 g/mol. The minimum Gasteiger partial charge on any atom is -0.317 e. The first kappa shape index (κ1) is 13.9. The van der Waals surface area contributed by atoms with E-state index in [1.807, 2.05) is 0 Å². The average molecular weight is 227 g/mol. The molecule has 1 aliphatic heterocycles. The first-order valence-electron chi connectivity index (χ1n) is 6.84. The summed E-state index contributed by atoms with van der Waals surface area (Å²) in [5.74, 6) is 0. The van der Waals surface area contributed by atoms with Crippen LogP contribution in [0.3, 0.4) is 0 Å². The zero-order valence-corrected chi connectivity index (χ0v) is 11.3. The summed E-state index contributed by atoms with van der Waals surface area (Å²) in [6, 6.07) is 1.45. The lowest BCUT2D eigenvalue weighted by Gasteiger charge is -2.24. The summed E-state index contributed by atoms with van der Waals surface area (Å²) < 4.78 is 0. The lowest BCUT2D eigenvalue weighted by atomic mass is 10.1. The van der Waals surface area contributed by atoms with Gasteiger partial charge in [0.05, 0.1) is 0 Å². The van der Waals surface area contributed by atoms with Gasteiger partial charge in [-0.3, -0.25) is 0 Å². The minimum atomic E-state index is 0.678. The van der Waals surface area contributed by atoms with Gasteiger partial charge in [0.25, 0.3) is 0 Å². The molecule has 0 unspecified atom stereocenters. The highest BCUT2D eigenvalue weighted by Gasteiger charge is 2.11. The Hall–Kier alpha value is -0.120. The number of rotatable bonds is 7. The highest BCUT2D eigenvalue weighted by molar-refractivity contribution is 4.74. The Bertz CT molecular complexity index is 165. The molecule has 3 heteroatoms. The van der Waals surface area contributed by atoms with Crippen molar-refractivity contribution in [2.24, 2.45) is 0 Å². The van der Waals surface area contributed by atoms with Crippen LogP contribution in [0.2, 0.25) is 0 Å². The van der Waals surface area contributed by atoms with Crippen LogP contribution in [0.1, 0.15) is 39.5 Å². The van der Waals surface area contributed by atoms with Crippen LogP contribution in [0.25, 0.3) is 0 Å². The van der Waals surface area contributed by atoms with Gasteiger partial charge >= 0.3 is 0 Å². The Kier molecular flexibility index (Phi) is 7.01. The smallest absolute Gasteiger partial charge is 0.00912 e. The highest BCUT2D eigenvalue weighted by atomic mass is 15.1. The second-order valence-electron chi connectivity index (χ2n) is 5.26. The summed E-state index contributed by atoms with van der Waals surface area (Å²) in [7, 11) is 2.21. The van der Waals surface area contributed by atoms with Crippen LogP contribution in [0, 0.1) is 0 Å². The third kappa shape index (κ3) is 5.83. The molecule has 1 aliphatic rings. The van der Waals surface area contributed by atoms with E-state index >= 15 is 0 Å². The van der Waals surface area contributed by atoms with Crippen LogP contribution in [0.15, 0.2) is 0 Å². The molecule has 0 radical (unpaired) electrons. The lowest BCUT2D eigenvalue weighted by molar-refractivity contribution is 0.266. The van der Waals surface area contributed by atoms with Gasteiger partial charge < -0.3 is 15.5 Å². The molecule has 1 fully saturated rings. The van der Waals surface area contributed by atoms with Crippen LogP contribution in [0.4, 0.5) is 0 Å². The molecule has 0 aliphatic carbocycles. The number of nitrogens with zero attached hydrogens (tertiary/aromatic N) is 1. The van der Waals surface area contributed by atoms with Gasteiger partial charge in [-0.1, -0.05) is 0 Å². The Balaban J connectivity index is 1.91. The van der Waals surface area contributed by atoms with Gasteiger partial charge in [0.2, 0.25) is 0 Å². The quantitative estimate of drug-likeness (QED) is 0.645. The molecule has 0 saturated carbocycles. The van der Waals surface area contributed by atoms with E-state index in [-0.39, 0.29) is 0 Å². The fraction of sp³-hybridized carbons (Fsp3) is 1.00. The van der Waals surface area contributed by atoms with Crippen molar-refractivity contribution in [1.29, 1.82) is 0 Å². The molecule has 0 spiro atoms. The molecule has 0 bridgehead atoms. The van der Waals surface area contributed by atoms with E-state index in [1.54, 1.807) is 0 Å². The summed E-state index contributed by atoms with van der Waals surface area (Å²) in [5.41, 5.74) is 0. The maximum Gasteiger partial charge on any atom is 0.00912 e. The average Bonchev–Trinajstić information content (AvgIpc) is 2.29. The predicted octanol–water partition coefficient (Wildman–Crippen LogP) is 1.45. The monoisotopic (exact) mass is 227 g/mol. The van der Waals surface area contributed by atoms with E-state index in [0.29, 0.717) is 6.04 Å². The van der Waals surface area contributed by atoms with Crippen LogP contribution >= 0.6 is 0 Å². The second kappa shape index (κ2) is 8.04. The van der Waals surface area contributed by atoms with E-state index < -0.39 is 0 Å². The zero-order chi connectivity index (χ0) is 11.8. The molecule has 96 valence electrons. The summed E-state index contributed by atoms with van der Waals surface area (Å²) in [6.07, 6.45) is 5.21. The molecule has 3 nitrogen and oxygen atoms in total. The van der Waals surface area contributed by atoms with Crippen molar-refractivity contribution in [3.63, 3.8) is 0 Å². The van der Waals surface area contributed by atoms with Crippen molar-refractivity contribution in [3.8, 4) is 0 Å². The first-order valence-corrected chi connectivity index (χ1v) is 6.84. The predicted molar refractivity (Wildman–Crippen MR) is 70.9 cm³/mol. The van der Waals surface area contributed by atoms with Gasteiger partial charge in [-0.25, -0.2) is 0 Å². The van der Waals surface area contributed by atoms with Crippen LogP contribution in [-0.2, 0) is 0 Å². The topological polar surface area (TPSA) is 27.3 Å². The molecule has 2 N–H and O–H groups in total. The van der Waals surface area contributed by atoms with Crippen molar-refractivity contribution in [2.45, 2.75) is 51.6 Å². The first-order chi connectivity index (χ1) is 7.70. The van der Waals surface area contributed by atoms with Gasteiger partial charge in [0.1, 0.15) is 0 Å². The summed E-state index contributed by atoms with van der Waals surface area (Å²) in [5, 5.41) is 7.06. The molecule has 0 aromatic rings. The third-order valence-electron chi connectivity index (χ3n) is 3.59. The summed E-state index contributed by atoms with van der Waals surface area (Å²) in [4.78, 5) is 2.42. The van der Waals surface area contributed by atoms with Crippen molar-refractivity contribution in [2.75, 3.05) is 33.2 Å². The molecule has 0 aromatic heterocycles. The van der Waals surface area contributed by atoms with E-state index in [2.05, 4.69) is 36.4 Å². The van der Waals surface area contributed by atoms with Crippen LogP contribution in [-0.4, -0.2) is 50.2 Å². The number of nitrogens with one attached hydrogen (secondary N) is 2. The number of unbranched alkanes of at least 4 members (excludes halogenated alkanes) is 1. The Morgan fingerprint density at radius 3 is 2.56 bits per heavy atom. The second-order valence-corrected chi connectivity index (χ2v) is 5.26. The molecule has 0 aromatic carbocycles. The number of hydrogen-bond acceptors (Lipinski definition) is 3. The van der Waals surface area contributed by atoms with Gasteiger partial charge in [-0.2, -0.15) is 0 Å². The zero-order valence-electron chi connectivity index (χ0n) is 11.3. The Morgan fingerprint density at radius 1 is 1.25 bits per heavy atom. The van der Waals surface area contributed by atoms with Crippen molar-refractivity contribution in [3.05, 3.63) is 0 Å². The largest absolute Gasteiger partial charge is 0.317 e. The maximum absolute atomic E-state index is 3.67. The lowest BCUT2D eigenvalue weighted by Crippen LogP contribution is -2.40. The highest BCUT2D eigenvalue weighted by Crippen LogP contribution is 2.02. The van der Waals surface area contributed by atoms with E-state index in [0.717, 1.165) is 6.04 Å². The van der Waals surface area contributed by atoms with Gasteiger partial charge in [-0.15, -0.1) is 0 Å². The fourth-order valence-corrected chi connectivity index (χ4v) is 2.08. The molecule has 0 amide bonds. The summed E-state index contributed by atoms with van der Waals surface area (Å²) in [6.45, 7) is 9.31. The van der Waals surface area contributed by atoms with Gasteiger partial charge in [-0.05, 0) is 72.8 Å².